The van der Waals surface area contributed by atoms with E-state index in [-0.39, 0.29) is 21.8 Å². The second kappa shape index (κ2) is 8.32. The number of carbonyl (C=O) groups is 2. The lowest BCUT2D eigenvalue weighted by Crippen LogP contribution is -2.31. The molecule has 1 aromatic carbocycles. The van der Waals surface area contributed by atoms with Crippen LogP contribution in [0.1, 0.15) is 40.0 Å². The van der Waals surface area contributed by atoms with Gasteiger partial charge in [-0.3, -0.25) is 4.79 Å². The lowest BCUT2D eigenvalue weighted by atomic mass is 10.0. The van der Waals surface area contributed by atoms with Crippen molar-refractivity contribution < 1.29 is 14.3 Å². The molecule has 0 fully saturated rings. The molecule has 0 spiro atoms. The Hall–Kier alpha value is -2.11. The Kier molecular flexibility index (Phi) is 6.39. The highest BCUT2D eigenvalue weighted by Gasteiger charge is 2.15. The number of nitrogens with one attached hydrogen (secondary N) is 1. The number of ether oxygens (including phenoxy) is 1. The largest absolute Gasteiger partial charge is 0.452 e. The fourth-order valence-corrected chi connectivity index (χ4v) is 2.42. The number of aromatic nitrogens is 1. The van der Waals surface area contributed by atoms with Gasteiger partial charge in [0.2, 0.25) is 0 Å². The average Bonchev–Trinajstić information content (AvgIpc) is 2.57. The molecule has 25 heavy (non-hydrogen) atoms. The number of rotatable bonds is 5. The van der Waals surface area contributed by atoms with Crippen LogP contribution in [0, 0.1) is 13.8 Å². The smallest absolute Gasteiger partial charge is 0.340 e. The Balaban J connectivity index is 1.90. The molecule has 7 heteroatoms. The van der Waals surface area contributed by atoms with Crippen LogP contribution in [0.15, 0.2) is 30.5 Å². The van der Waals surface area contributed by atoms with Gasteiger partial charge < -0.3 is 10.1 Å². The molecule has 1 aromatic heterocycles. The molecule has 1 N–H and O–H groups in total. The maximum Gasteiger partial charge on any atom is 0.340 e. The van der Waals surface area contributed by atoms with E-state index in [9.17, 15) is 9.59 Å². The quantitative estimate of drug-likeness (QED) is 0.627. The summed E-state index contributed by atoms with van der Waals surface area (Å²) in [5.41, 5.74) is 3.45. The first kappa shape index (κ1) is 19.2. The molecule has 0 unspecified atom stereocenters. The Morgan fingerprint density at radius 1 is 1.20 bits per heavy atom. The Labute approximate surface area is 156 Å². The van der Waals surface area contributed by atoms with Gasteiger partial charge in [-0.25, -0.2) is 9.78 Å². The number of aryl methyl sites for hydroxylation is 2. The van der Waals surface area contributed by atoms with Gasteiger partial charge in [0.25, 0.3) is 5.91 Å². The normalized spacial score (nSPS) is 11.7. The Bertz CT molecular complexity index is 809. The molecule has 0 aliphatic carbocycles. The molecule has 1 heterocycles. The van der Waals surface area contributed by atoms with Gasteiger partial charge in [0.05, 0.1) is 16.6 Å². The van der Waals surface area contributed by atoms with Crippen LogP contribution in [0.4, 0.5) is 0 Å². The summed E-state index contributed by atoms with van der Waals surface area (Å²) in [5.74, 6) is -1.09. The second-order valence-electron chi connectivity index (χ2n) is 5.71. The van der Waals surface area contributed by atoms with Crippen molar-refractivity contribution in [3.8, 4) is 0 Å². The third-order valence-electron chi connectivity index (χ3n) is 3.77. The minimum atomic E-state index is -0.694. The predicted octanol–water partition coefficient (Wildman–Crippen LogP) is 4.04. The first-order chi connectivity index (χ1) is 11.8. The van der Waals surface area contributed by atoms with Gasteiger partial charge in [-0.1, -0.05) is 41.4 Å². The van der Waals surface area contributed by atoms with Crippen LogP contribution >= 0.6 is 23.2 Å². The van der Waals surface area contributed by atoms with E-state index in [1.807, 2.05) is 39.0 Å². The van der Waals surface area contributed by atoms with E-state index in [2.05, 4.69) is 10.3 Å². The average molecular weight is 381 g/mol. The Morgan fingerprint density at radius 3 is 2.56 bits per heavy atom. The fraction of sp³-hybridized carbons (Fsp3) is 0.278. The van der Waals surface area contributed by atoms with Crippen molar-refractivity contribution in [1.82, 2.24) is 10.3 Å². The minimum absolute atomic E-state index is 0.0955. The highest BCUT2D eigenvalue weighted by atomic mass is 35.5. The molecule has 132 valence electrons. The molecule has 1 amide bonds. The number of esters is 1. The number of hydrogen-bond donors (Lipinski definition) is 1. The topological polar surface area (TPSA) is 68.3 Å². The summed E-state index contributed by atoms with van der Waals surface area (Å²) in [4.78, 5) is 27.7. The van der Waals surface area contributed by atoms with Crippen LogP contribution in [0.25, 0.3) is 0 Å². The molecule has 0 aliphatic heterocycles. The molecule has 2 rings (SSSR count). The number of benzene rings is 1. The third kappa shape index (κ3) is 5.18. The van der Waals surface area contributed by atoms with Crippen molar-refractivity contribution in [3.05, 3.63) is 62.9 Å². The summed E-state index contributed by atoms with van der Waals surface area (Å²) in [5, 5.41) is 3.03. The van der Waals surface area contributed by atoms with Crippen LogP contribution in [-0.2, 0) is 9.53 Å². The lowest BCUT2D eigenvalue weighted by molar-refractivity contribution is -0.124. The lowest BCUT2D eigenvalue weighted by Gasteiger charge is -2.15. The van der Waals surface area contributed by atoms with Crippen LogP contribution in [0.2, 0.25) is 10.2 Å². The highest BCUT2D eigenvalue weighted by Crippen LogP contribution is 2.20. The van der Waals surface area contributed by atoms with Gasteiger partial charge in [-0.15, -0.1) is 0 Å². The number of pyridine rings is 1. The van der Waals surface area contributed by atoms with Gasteiger partial charge >= 0.3 is 5.97 Å². The maximum atomic E-state index is 12.0. The van der Waals surface area contributed by atoms with Crippen LogP contribution in [0.3, 0.4) is 0 Å². The second-order valence-corrected chi connectivity index (χ2v) is 6.47. The number of nitrogens with zero attached hydrogens (tertiary/aromatic N) is 1. The number of hydrogen-bond acceptors (Lipinski definition) is 4. The number of carbonyl (C=O) groups excluding carboxylic acids is 2. The summed E-state index contributed by atoms with van der Waals surface area (Å²) in [6.07, 6.45) is 1.24. The zero-order valence-electron chi connectivity index (χ0n) is 14.1. The SMILES string of the molecule is Cc1ccc([C@H](C)NC(=O)COC(=O)c2cnc(Cl)c(Cl)c2)cc1C. The van der Waals surface area contributed by atoms with E-state index in [0.717, 1.165) is 11.1 Å². The van der Waals surface area contributed by atoms with E-state index in [4.69, 9.17) is 27.9 Å². The molecule has 5 nitrogen and oxygen atoms in total. The number of amides is 1. The van der Waals surface area contributed by atoms with Crippen molar-refractivity contribution in [1.29, 1.82) is 0 Å². The monoisotopic (exact) mass is 380 g/mol. The maximum absolute atomic E-state index is 12.0. The van der Waals surface area contributed by atoms with Gasteiger partial charge in [0, 0.05) is 6.20 Å². The summed E-state index contributed by atoms with van der Waals surface area (Å²) < 4.78 is 4.97. The molecule has 0 saturated carbocycles. The van der Waals surface area contributed by atoms with Crippen LogP contribution in [-0.4, -0.2) is 23.5 Å². The van der Waals surface area contributed by atoms with Gasteiger partial charge in [-0.2, -0.15) is 0 Å². The van der Waals surface area contributed by atoms with Crippen molar-refractivity contribution in [2.24, 2.45) is 0 Å². The molecule has 0 aliphatic rings. The summed E-state index contributed by atoms with van der Waals surface area (Å²) in [6, 6.07) is 7.13. The van der Waals surface area contributed by atoms with Crippen molar-refractivity contribution in [2.75, 3.05) is 6.61 Å². The minimum Gasteiger partial charge on any atom is -0.452 e. The van der Waals surface area contributed by atoms with E-state index >= 15 is 0 Å². The summed E-state index contributed by atoms with van der Waals surface area (Å²) in [6.45, 7) is 5.51. The van der Waals surface area contributed by atoms with Gasteiger partial charge in [0.15, 0.2) is 6.61 Å². The van der Waals surface area contributed by atoms with E-state index < -0.39 is 18.5 Å². The molecule has 0 radical (unpaired) electrons. The molecule has 0 bridgehead atoms. The van der Waals surface area contributed by atoms with E-state index in [1.165, 1.54) is 17.8 Å². The Morgan fingerprint density at radius 2 is 1.92 bits per heavy atom. The molecular weight excluding hydrogens is 363 g/mol. The van der Waals surface area contributed by atoms with Crippen molar-refractivity contribution >= 4 is 35.1 Å². The van der Waals surface area contributed by atoms with Crippen molar-refractivity contribution in [2.45, 2.75) is 26.8 Å². The zero-order valence-corrected chi connectivity index (χ0v) is 15.6. The third-order valence-corrected chi connectivity index (χ3v) is 4.46. The molecule has 0 saturated heterocycles. The predicted molar refractivity (Wildman–Crippen MR) is 97.0 cm³/mol. The standard InChI is InChI=1S/C18H18Cl2N2O3/c1-10-4-5-13(6-11(10)2)12(3)22-16(23)9-25-18(24)14-7-15(19)17(20)21-8-14/h4-8,12H,9H2,1-3H3,(H,22,23)/t12-/m0/s1. The molecule has 2 aromatic rings. The molecular formula is C18H18Cl2N2O3. The highest BCUT2D eigenvalue weighted by molar-refractivity contribution is 6.41. The van der Waals surface area contributed by atoms with Crippen LogP contribution in [0.5, 0.6) is 0 Å². The van der Waals surface area contributed by atoms with Crippen LogP contribution < -0.4 is 5.32 Å². The van der Waals surface area contributed by atoms with E-state index in [1.54, 1.807) is 0 Å². The first-order valence-corrected chi connectivity index (χ1v) is 8.38. The zero-order chi connectivity index (χ0) is 18.6. The van der Waals surface area contributed by atoms with E-state index in [0.29, 0.717) is 0 Å². The first-order valence-electron chi connectivity index (χ1n) is 7.62. The molecule has 1 atom stereocenters. The van der Waals surface area contributed by atoms with Gasteiger partial charge in [0.1, 0.15) is 5.15 Å². The fourth-order valence-electron chi connectivity index (χ4n) is 2.15. The summed E-state index contributed by atoms with van der Waals surface area (Å²) >= 11 is 11.5. The van der Waals surface area contributed by atoms with Crippen molar-refractivity contribution in [3.63, 3.8) is 0 Å². The summed E-state index contributed by atoms with van der Waals surface area (Å²) in [7, 11) is 0. The number of halogens is 2. The van der Waals surface area contributed by atoms with Gasteiger partial charge in [-0.05, 0) is 43.5 Å².